The predicted octanol–water partition coefficient (Wildman–Crippen LogP) is 6.19. The van der Waals surface area contributed by atoms with Gasteiger partial charge in [-0.2, -0.15) is 0 Å². The molecule has 41 heavy (non-hydrogen) atoms. The van der Waals surface area contributed by atoms with Gasteiger partial charge in [-0.3, -0.25) is 9.69 Å². The second-order valence-corrected chi connectivity index (χ2v) is 13.2. The number of amides is 1. The highest BCUT2D eigenvalue weighted by Crippen LogP contribution is 2.40. The molecule has 0 saturated carbocycles. The van der Waals surface area contributed by atoms with E-state index in [1.807, 2.05) is 4.90 Å². The molecule has 1 amide bonds. The molecule has 2 heterocycles. The van der Waals surface area contributed by atoms with Crippen molar-refractivity contribution in [1.29, 1.82) is 0 Å². The summed E-state index contributed by atoms with van der Waals surface area (Å²) < 4.78 is 28.7. The van der Waals surface area contributed by atoms with Crippen molar-refractivity contribution in [2.75, 3.05) is 39.3 Å². The van der Waals surface area contributed by atoms with E-state index in [1.54, 1.807) is 0 Å². The highest BCUT2D eigenvalue weighted by atomic mass is 19.1. The Morgan fingerprint density at radius 2 is 1.73 bits per heavy atom. The molecule has 2 aromatic rings. The van der Waals surface area contributed by atoms with Crippen LogP contribution in [0.4, 0.5) is 8.78 Å². The molecule has 2 aliphatic heterocycles. The molecule has 0 spiro atoms. The van der Waals surface area contributed by atoms with Gasteiger partial charge in [0.05, 0.1) is 5.92 Å². The minimum atomic E-state index is -0.590. The normalized spacial score (nSPS) is 21.4. The topological polar surface area (TPSA) is 61.6 Å². The molecule has 0 bridgehead atoms. The van der Waals surface area contributed by atoms with E-state index in [1.165, 1.54) is 34.4 Å². The van der Waals surface area contributed by atoms with Crippen molar-refractivity contribution in [3.63, 3.8) is 0 Å². The Morgan fingerprint density at radius 3 is 2.34 bits per heavy atom. The molecule has 3 N–H and O–H groups in total. The molecular formula is C34H50F2N4O. The summed E-state index contributed by atoms with van der Waals surface area (Å²) in [5.41, 5.74) is 11.4. The minimum Gasteiger partial charge on any atom is -0.342 e. The molecule has 4 rings (SSSR count). The highest BCUT2D eigenvalue weighted by molar-refractivity contribution is 5.81. The largest absolute Gasteiger partial charge is 0.342 e. The third-order valence-corrected chi connectivity index (χ3v) is 9.45. The maximum Gasteiger partial charge on any atom is 0.227 e. The lowest BCUT2D eigenvalue weighted by atomic mass is 9.81. The third-order valence-electron chi connectivity index (χ3n) is 9.45. The molecule has 5 nitrogen and oxygen atoms in total. The van der Waals surface area contributed by atoms with E-state index < -0.39 is 11.6 Å². The molecule has 1 unspecified atom stereocenters. The maximum atomic E-state index is 14.9. The van der Waals surface area contributed by atoms with Crippen LogP contribution in [0.15, 0.2) is 30.3 Å². The van der Waals surface area contributed by atoms with Crippen molar-refractivity contribution in [3.05, 3.63) is 69.8 Å². The number of carbonyl (C=O) groups excluding carboxylic acids is 1. The van der Waals surface area contributed by atoms with Gasteiger partial charge in [-0.1, -0.05) is 25.1 Å². The van der Waals surface area contributed by atoms with Crippen molar-refractivity contribution >= 4 is 5.91 Å². The number of rotatable bonds is 9. The van der Waals surface area contributed by atoms with Gasteiger partial charge in [-0.15, -0.1) is 0 Å². The first-order valence-electron chi connectivity index (χ1n) is 15.5. The van der Waals surface area contributed by atoms with Crippen LogP contribution in [0.3, 0.4) is 0 Å². The van der Waals surface area contributed by atoms with Crippen molar-refractivity contribution in [3.8, 4) is 0 Å². The van der Waals surface area contributed by atoms with Gasteiger partial charge in [0.2, 0.25) is 5.91 Å². The number of piperidine rings is 1. The molecule has 0 radical (unpaired) electrons. The zero-order valence-electron chi connectivity index (χ0n) is 25.9. The molecule has 0 aliphatic carbocycles. The fraction of sp³-hybridized carbons (Fsp3) is 0.618. The second kappa shape index (κ2) is 13.3. The van der Waals surface area contributed by atoms with E-state index in [2.05, 4.69) is 63.9 Å². The van der Waals surface area contributed by atoms with Crippen LogP contribution >= 0.6 is 0 Å². The van der Waals surface area contributed by atoms with Gasteiger partial charge >= 0.3 is 0 Å². The average molecular weight is 569 g/mol. The van der Waals surface area contributed by atoms with Crippen LogP contribution in [0.1, 0.15) is 99.1 Å². The number of nitrogens with one attached hydrogen (secondary N) is 1. The Labute approximate surface area is 245 Å². The predicted molar refractivity (Wildman–Crippen MR) is 163 cm³/mol. The standard InChI is InChI=1S/C34H50F2N4O/c1-7-32(38-14-8-13-37)28-18-23(3)22(2)17-27(28)24-11-15-39(16-12-24)33(41)30-21-40(34(4,5)6)20-29(30)26-10-9-25(35)19-31(26)36/h9-10,17-19,24,29-30,32,38H,7-8,11-16,20-21,37H2,1-6H3/t29-,30+,32?/m0/s1. The summed E-state index contributed by atoms with van der Waals surface area (Å²) in [4.78, 5) is 18.3. The number of nitrogens with zero attached hydrogens (tertiary/aromatic N) is 2. The van der Waals surface area contributed by atoms with Crippen LogP contribution in [-0.4, -0.2) is 60.5 Å². The lowest BCUT2D eigenvalue weighted by molar-refractivity contribution is -0.136. The monoisotopic (exact) mass is 568 g/mol. The van der Waals surface area contributed by atoms with Gasteiger partial charge in [-0.25, -0.2) is 8.78 Å². The second-order valence-electron chi connectivity index (χ2n) is 13.2. The van der Waals surface area contributed by atoms with Crippen LogP contribution in [0.2, 0.25) is 0 Å². The Kier molecular flexibility index (Phi) is 10.2. The van der Waals surface area contributed by atoms with Gasteiger partial charge in [0.25, 0.3) is 0 Å². The number of halogens is 2. The van der Waals surface area contributed by atoms with E-state index in [4.69, 9.17) is 5.73 Å². The van der Waals surface area contributed by atoms with Crippen molar-refractivity contribution < 1.29 is 13.6 Å². The summed E-state index contributed by atoms with van der Waals surface area (Å²) in [5, 5.41) is 3.72. The molecular weight excluding hydrogens is 518 g/mol. The van der Waals surface area contributed by atoms with Crippen LogP contribution in [0.25, 0.3) is 0 Å². The van der Waals surface area contributed by atoms with Crippen molar-refractivity contribution in [2.45, 2.75) is 90.6 Å². The first-order valence-corrected chi connectivity index (χ1v) is 15.5. The smallest absolute Gasteiger partial charge is 0.227 e. The number of aryl methyl sites for hydroxylation is 2. The van der Waals surface area contributed by atoms with E-state index >= 15 is 0 Å². The zero-order valence-corrected chi connectivity index (χ0v) is 25.9. The fourth-order valence-corrected chi connectivity index (χ4v) is 6.73. The number of hydrogen-bond donors (Lipinski definition) is 2. The van der Waals surface area contributed by atoms with Gasteiger partial charge in [-0.05, 0) is 113 Å². The minimum absolute atomic E-state index is 0.0964. The zero-order chi connectivity index (χ0) is 29.9. The molecule has 226 valence electrons. The number of benzene rings is 2. The molecule has 2 aliphatic rings. The van der Waals surface area contributed by atoms with Crippen LogP contribution in [0, 0.1) is 31.4 Å². The Hall–Kier alpha value is -2.35. The first-order chi connectivity index (χ1) is 19.4. The number of carbonyl (C=O) groups is 1. The molecule has 2 saturated heterocycles. The van der Waals surface area contributed by atoms with E-state index in [9.17, 15) is 13.6 Å². The van der Waals surface area contributed by atoms with Gasteiger partial charge in [0.1, 0.15) is 11.6 Å². The molecule has 3 atom stereocenters. The quantitative estimate of drug-likeness (QED) is 0.354. The number of hydrogen-bond acceptors (Lipinski definition) is 4. The summed E-state index contributed by atoms with van der Waals surface area (Å²) in [6.45, 7) is 17.1. The summed E-state index contributed by atoms with van der Waals surface area (Å²) in [6.07, 6.45) is 3.77. The van der Waals surface area contributed by atoms with E-state index in [0.29, 0.717) is 44.2 Å². The van der Waals surface area contributed by atoms with Gasteiger partial charge in [0, 0.05) is 49.7 Å². The lowest BCUT2D eigenvalue weighted by Gasteiger charge is -2.36. The maximum absolute atomic E-state index is 14.9. The lowest BCUT2D eigenvalue weighted by Crippen LogP contribution is -2.44. The van der Waals surface area contributed by atoms with E-state index in [0.717, 1.165) is 38.3 Å². The first kappa shape index (κ1) is 31.6. The molecule has 2 fully saturated rings. The van der Waals surface area contributed by atoms with Crippen LogP contribution in [-0.2, 0) is 4.79 Å². The summed E-state index contributed by atoms with van der Waals surface area (Å²) in [5.74, 6) is -1.31. The molecule has 2 aromatic carbocycles. The Balaban J connectivity index is 1.52. The van der Waals surface area contributed by atoms with Crippen LogP contribution in [0.5, 0.6) is 0 Å². The van der Waals surface area contributed by atoms with E-state index in [-0.39, 0.29) is 29.3 Å². The number of likely N-dealkylation sites (tertiary alicyclic amines) is 2. The third kappa shape index (κ3) is 7.18. The SMILES string of the molecule is CCC(NCCCN)c1cc(C)c(C)cc1C1CCN(C(=O)[C@@H]2CN(C(C)(C)C)C[C@H]2c2ccc(F)cc2F)CC1. The Morgan fingerprint density at radius 1 is 1.05 bits per heavy atom. The summed E-state index contributed by atoms with van der Waals surface area (Å²) >= 11 is 0. The van der Waals surface area contributed by atoms with Crippen molar-refractivity contribution in [1.82, 2.24) is 15.1 Å². The van der Waals surface area contributed by atoms with Crippen molar-refractivity contribution in [2.24, 2.45) is 11.7 Å². The highest BCUT2D eigenvalue weighted by Gasteiger charge is 2.44. The van der Waals surface area contributed by atoms with Gasteiger partial charge in [0.15, 0.2) is 0 Å². The fourth-order valence-electron chi connectivity index (χ4n) is 6.73. The average Bonchev–Trinajstić information content (AvgIpc) is 3.38. The number of nitrogens with two attached hydrogens (primary N) is 1. The summed E-state index contributed by atoms with van der Waals surface area (Å²) in [6, 6.07) is 8.78. The Bertz CT molecular complexity index is 1200. The van der Waals surface area contributed by atoms with Crippen LogP contribution < -0.4 is 11.1 Å². The molecule has 0 aromatic heterocycles. The van der Waals surface area contributed by atoms with Gasteiger partial charge < -0.3 is 16.0 Å². The summed E-state index contributed by atoms with van der Waals surface area (Å²) in [7, 11) is 0. The molecule has 7 heteroatoms.